The number of aliphatic carboxylic acids is 1. The van der Waals surface area contributed by atoms with Gasteiger partial charge in [0.2, 0.25) is 0 Å². The van der Waals surface area contributed by atoms with Gasteiger partial charge in [-0.15, -0.1) is 0 Å². The highest BCUT2D eigenvalue weighted by molar-refractivity contribution is 5.66. The molecule has 1 heterocycles. The molecule has 3 heteroatoms. The van der Waals surface area contributed by atoms with Gasteiger partial charge < -0.3 is 9.84 Å². The minimum absolute atomic E-state index is 0.255. The number of epoxide rings is 1. The summed E-state index contributed by atoms with van der Waals surface area (Å²) in [7, 11) is 0. The molecule has 1 N–H and O–H groups in total. The molecule has 0 aromatic carbocycles. The van der Waals surface area contributed by atoms with E-state index in [1.807, 2.05) is 0 Å². The lowest BCUT2D eigenvalue weighted by molar-refractivity contribution is -0.137. The molecule has 1 rings (SSSR count). The van der Waals surface area contributed by atoms with Crippen LogP contribution in [0.1, 0.15) is 116 Å². The van der Waals surface area contributed by atoms with Crippen molar-refractivity contribution in [3.8, 4) is 0 Å². The first-order valence-corrected chi connectivity index (χ1v) is 11.3. The van der Waals surface area contributed by atoms with Gasteiger partial charge in [0.05, 0.1) is 6.10 Å². The van der Waals surface area contributed by atoms with Gasteiger partial charge in [0.25, 0.3) is 0 Å². The van der Waals surface area contributed by atoms with Crippen LogP contribution >= 0.6 is 0 Å². The topological polar surface area (TPSA) is 49.8 Å². The zero-order chi connectivity index (χ0) is 18.9. The molecule has 1 fully saturated rings. The SMILES string of the molecule is CCCCCCCCCCCCCCC/C=C/C1OC1CCCC(=O)O. The fourth-order valence-corrected chi connectivity index (χ4v) is 3.52. The summed E-state index contributed by atoms with van der Waals surface area (Å²) in [6.45, 7) is 2.28. The summed E-state index contributed by atoms with van der Waals surface area (Å²) in [6, 6.07) is 0. The Kier molecular flexibility index (Phi) is 14.6. The molecule has 0 bridgehead atoms. The predicted molar refractivity (Wildman–Crippen MR) is 110 cm³/mol. The van der Waals surface area contributed by atoms with Crippen molar-refractivity contribution in [2.45, 2.75) is 128 Å². The number of unbranched alkanes of at least 4 members (excludes halogenated alkanes) is 13. The van der Waals surface area contributed by atoms with Crippen molar-refractivity contribution in [1.82, 2.24) is 0 Å². The Hall–Kier alpha value is -0.830. The molecule has 1 saturated heterocycles. The maximum atomic E-state index is 10.5. The van der Waals surface area contributed by atoms with Crippen LogP contribution < -0.4 is 0 Å². The Morgan fingerprint density at radius 1 is 0.846 bits per heavy atom. The van der Waals surface area contributed by atoms with Gasteiger partial charge >= 0.3 is 5.97 Å². The third-order valence-electron chi connectivity index (χ3n) is 5.30. The summed E-state index contributed by atoms with van der Waals surface area (Å²) in [4.78, 5) is 10.5. The summed E-state index contributed by atoms with van der Waals surface area (Å²) >= 11 is 0. The van der Waals surface area contributed by atoms with Crippen LogP contribution in [0.2, 0.25) is 0 Å². The quantitative estimate of drug-likeness (QED) is 0.151. The third kappa shape index (κ3) is 14.4. The molecular formula is C23H42O3. The first kappa shape index (κ1) is 23.2. The maximum Gasteiger partial charge on any atom is 0.303 e. The second-order valence-electron chi connectivity index (χ2n) is 7.88. The van der Waals surface area contributed by atoms with E-state index in [-0.39, 0.29) is 18.6 Å². The molecule has 0 amide bonds. The van der Waals surface area contributed by atoms with Gasteiger partial charge in [-0.1, -0.05) is 96.1 Å². The van der Waals surface area contributed by atoms with Crippen molar-refractivity contribution in [3.63, 3.8) is 0 Å². The summed E-state index contributed by atoms with van der Waals surface area (Å²) in [5, 5.41) is 8.61. The summed E-state index contributed by atoms with van der Waals surface area (Å²) in [5.74, 6) is -0.708. The zero-order valence-corrected chi connectivity index (χ0v) is 17.1. The molecule has 152 valence electrons. The van der Waals surface area contributed by atoms with Crippen molar-refractivity contribution in [1.29, 1.82) is 0 Å². The Morgan fingerprint density at radius 2 is 1.38 bits per heavy atom. The maximum absolute atomic E-state index is 10.5. The fraction of sp³-hybridized carbons (Fsp3) is 0.870. The van der Waals surface area contributed by atoms with E-state index in [0.29, 0.717) is 0 Å². The molecule has 3 nitrogen and oxygen atoms in total. The molecule has 0 aromatic heterocycles. The number of ether oxygens (including phenoxy) is 1. The monoisotopic (exact) mass is 366 g/mol. The van der Waals surface area contributed by atoms with Crippen LogP contribution in [0.3, 0.4) is 0 Å². The minimum atomic E-state index is -0.708. The molecule has 0 spiro atoms. The first-order chi connectivity index (χ1) is 12.7. The minimum Gasteiger partial charge on any atom is -0.481 e. The lowest BCUT2D eigenvalue weighted by Crippen LogP contribution is -1.97. The number of hydrogen-bond donors (Lipinski definition) is 1. The van der Waals surface area contributed by atoms with E-state index in [2.05, 4.69) is 19.1 Å². The number of rotatable bonds is 19. The van der Waals surface area contributed by atoms with E-state index in [1.165, 1.54) is 83.5 Å². The highest BCUT2D eigenvalue weighted by Gasteiger charge is 2.35. The van der Waals surface area contributed by atoms with Crippen molar-refractivity contribution in [2.75, 3.05) is 0 Å². The zero-order valence-electron chi connectivity index (χ0n) is 17.1. The fourth-order valence-electron chi connectivity index (χ4n) is 3.52. The van der Waals surface area contributed by atoms with E-state index < -0.39 is 5.97 Å². The van der Waals surface area contributed by atoms with Crippen LogP contribution in [0.4, 0.5) is 0 Å². The number of carboxylic acid groups (broad SMARTS) is 1. The number of hydrogen-bond acceptors (Lipinski definition) is 2. The standard InChI is InChI=1S/C23H42O3/c1-2-3-4-5-6-7-8-9-10-11-12-13-14-15-16-18-21-22(26-21)19-17-20-23(24)25/h16,18,21-22H,2-15,17,19-20H2,1H3,(H,24,25)/b18-16+. The van der Waals surface area contributed by atoms with Gasteiger partial charge in [0.15, 0.2) is 0 Å². The summed E-state index contributed by atoms with van der Waals surface area (Å²) in [6.07, 6.45) is 26.2. The Bertz CT molecular complexity index is 364. The lowest BCUT2D eigenvalue weighted by atomic mass is 10.0. The molecule has 1 aliphatic rings. The van der Waals surface area contributed by atoms with Gasteiger partial charge in [-0.2, -0.15) is 0 Å². The van der Waals surface area contributed by atoms with Crippen LogP contribution in [-0.2, 0) is 9.53 Å². The molecule has 0 radical (unpaired) electrons. The molecule has 0 aliphatic carbocycles. The first-order valence-electron chi connectivity index (χ1n) is 11.3. The number of carboxylic acids is 1. The molecule has 0 aromatic rings. The highest BCUT2D eigenvalue weighted by atomic mass is 16.6. The molecule has 2 unspecified atom stereocenters. The largest absolute Gasteiger partial charge is 0.481 e. The summed E-state index contributed by atoms with van der Waals surface area (Å²) < 4.78 is 5.54. The average Bonchev–Trinajstić information content (AvgIpc) is 3.36. The normalized spacial score (nSPS) is 19.3. The molecular weight excluding hydrogens is 324 g/mol. The van der Waals surface area contributed by atoms with Crippen LogP contribution in [0.25, 0.3) is 0 Å². The van der Waals surface area contributed by atoms with Crippen molar-refractivity contribution in [3.05, 3.63) is 12.2 Å². The van der Waals surface area contributed by atoms with E-state index in [4.69, 9.17) is 9.84 Å². The Morgan fingerprint density at radius 3 is 1.92 bits per heavy atom. The predicted octanol–water partition coefficient (Wildman–Crippen LogP) is 7.05. The Labute approximate surface area is 161 Å². The van der Waals surface area contributed by atoms with Gasteiger partial charge in [0, 0.05) is 6.42 Å². The van der Waals surface area contributed by atoms with Crippen molar-refractivity contribution in [2.24, 2.45) is 0 Å². The van der Waals surface area contributed by atoms with Crippen LogP contribution in [-0.4, -0.2) is 23.3 Å². The molecule has 0 saturated carbocycles. The molecule has 2 atom stereocenters. The van der Waals surface area contributed by atoms with E-state index in [0.717, 1.165) is 19.3 Å². The Balaban J connectivity index is 1.74. The van der Waals surface area contributed by atoms with E-state index in [1.54, 1.807) is 0 Å². The molecule has 1 aliphatic heterocycles. The van der Waals surface area contributed by atoms with E-state index >= 15 is 0 Å². The molecule has 26 heavy (non-hydrogen) atoms. The third-order valence-corrected chi connectivity index (χ3v) is 5.30. The number of allylic oxidation sites excluding steroid dienone is 1. The van der Waals surface area contributed by atoms with Gasteiger partial charge in [-0.3, -0.25) is 4.79 Å². The highest BCUT2D eigenvalue weighted by Crippen LogP contribution is 2.28. The van der Waals surface area contributed by atoms with Crippen molar-refractivity contribution < 1.29 is 14.6 Å². The van der Waals surface area contributed by atoms with Crippen LogP contribution in [0.15, 0.2) is 12.2 Å². The van der Waals surface area contributed by atoms with E-state index in [9.17, 15) is 4.79 Å². The second-order valence-corrected chi connectivity index (χ2v) is 7.88. The lowest BCUT2D eigenvalue weighted by Gasteiger charge is -2.02. The van der Waals surface area contributed by atoms with Gasteiger partial charge in [0.1, 0.15) is 6.10 Å². The van der Waals surface area contributed by atoms with Crippen molar-refractivity contribution >= 4 is 5.97 Å². The summed E-state index contributed by atoms with van der Waals surface area (Å²) in [5.41, 5.74) is 0. The smallest absolute Gasteiger partial charge is 0.303 e. The average molecular weight is 367 g/mol. The van der Waals surface area contributed by atoms with Crippen LogP contribution in [0.5, 0.6) is 0 Å². The van der Waals surface area contributed by atoms with Gasteiger partial charge in [-0.05, 0) is 25.7 Å². The number of carbonyl (C=O) groups is 1. The second kappa shape index (κ2) is 16.4. The van der Waals surface area contributed by atoms with Gasteiger partial charge in [-0.25, -0.2) is 0 Å². The van der Waals surface area contributed by atoms with Crippen LogP contribution in [0, 0.1) is 0 Å².